The first kappa shape index (κ1) is 12.9. The first-order valence-corrected chi connectivity index (χ1v) is 5.94. The van der Waals surface area contributed by atoms with E-state index in [9.17, 15) is 5.11 Å². The maximum atomic E-state index is 9.85. The lowest BCUT2D eigenvalue weighted by molar-refractivity contribution is 0.0128. The van der Waals surface area contributed by atoms with Crippen molar-refractivity contribution in [2.45, 2.75) is 33.1 Å². The van der Waals surface area contributed by atoms with Gasteiger partial charge >= 0.3 is 0 Å². The highest BCUT2D eigenvalue weighted by molar-refractivity contribution is 5.06. The molecule has 18 heavy (non-hydrogen) atoms. The number of aliphatic hydroxyl groups is 1. The Labute approximate surface area is 106 Å². The van der Waals surface area contributed by atoms with Crippen molar-refractivity contribution in [3.05, 3.63) is 41.6 Å². The van der Waals surface area contributed by atoms with E-state index < -0.39 is 6.10 Å². The van der Waals surface area contributed by atoms with E-state index in [1.54, 1.807) is 10.9 Å². The molecule has 2 aromatic rings. The SMILES string of the molecule is Cc1cc(C)n(C[C@@H](O)COCc2ccco2)n1. The van der Waals surface area contributed by atoms with Crippen LogP contribution in [0.3, 0.4) is 0 Å². The Kier molecular flexibility index (Phi) is 4.17. The Balaban J connectivity index is 1.75. The van der Waals surface area contributed by atoms with E-state index in [4.69, 9.17) is 9.15 Å². The van der Waals surface area contributed by atoms with Gasteiger partial charge in [0.1, 0.15) is 12.4 Å². The fourth-order valence-electron chi connectivity index (χ4n) is 1.80. The summed E-state index contributed by atoms with van der Waals surface area (Å²) in [5, 5.41) is 14.1. The van der Waals surface area contributed by atoms with E-state index in [0.29, 0.717) is 13.2 Å². The molecule has 5 nitrogen and oxygen atoms in total. The van der Waals surface area contributed by atoms with Crippen LogP contribution in [0.4, 0.5) is 0 Å². The van der Waals surface area contributed by atoms with E-state index in [2.05, 4.69) is 5.10 Å². The zero-order valence-corrected chi connectivity index (χ0v) is 10.7. The Morgan fingerprint density at radius 2 is 2.33 bits per heavy atom. The summed E-state index contributed by atoms with van der Waals surface area (Å²) in [5.41, 5.74) is 1.99. The number of aryl methyl sites for hydroxylation is 2. The van der Waals surface area contributed by atoms with E-state index in [1.165, 1.54) is 0 Å². The molecule has 0 amide bonds. The number of hydrogen-bond acceptors (Lipinski definition) is 4. The highest BCUT2D eigenvalue weighted by Gasteiger charge is 2.09. The smallest absolute Gasteiger partial charge is 0.129 e. The quantitative estimate of drug-likeness (QED) is 0.847. The van der Waals surface area contributed by atoms with Crippen molar-refractivity contribution in [3.8, 4) is 0 Å². The van der Waals surface area contributed by atoms with E-state index in [0.717, 1.165) is 17.1 Å². The van der Waals surface area contributed by atoms with Crippen molar-refractivity contribution in [3.63, 3.8) is 0 Å². The van der Waals surface area contributed by atoms with Gasteiger partial charge in [-0.05, 0) is 32.0 Å². The van der Waals surface area contributed by atoms with Crippen LogP contribution in [0.2, 0.25) is 0 Å². The molecule has 2 heterocycles. The highest BCUT2D eigenvalue weighted by atomic mass is 16.5. The number of aromatic nitrogens is 2. The van der Waals surface area contributed by atoms with Crippen LogP contribution in [-0.4, -0.2) is 27.6 Å². The van der Waals surface area contributed by atoms with E-state index >= 15 is 0 Å². The third kappa shape index (κ3) is 3.45. The largest absolute Gasteiger partial charge is 0.467 e. The zero-order valence-electron chi connectivity index (χ0n) is 10.7. The average molecular weight is 250 g/mol. The van der Waals surface area contributed by atoms with Crippen molar-refractivity contribution in [2.75, 3.05) is 6.61 Å². The minimum atomic E-state index is -0.571. The van der Waals surface area contributed by atoms with Gasteiger partial charge in [0.05, 0.1) is 31.2 Å². The summed E-state index contributed by atoms with van der Waals surface area (Å²) in [5.74, 6) is 0.758. The second-order valence-corrected chi connectivity index (χ2v) is 4.36. The minimum absolute atomic E-state index is 0.263. The summed E-state index contributed by atoms with van der Waals surface area (Å²) in [4.78, 5) is 0. The Hall–Kier alpha value is -1.59. The van der Waals surface area contributed by atoms with Crippen molar-refractivity contribution in [1.82, 2.24) is 9.78 Å². The van der Waals surface area contributed by atoms with Crippen LogP contribution in [-0.2, 0) is 17.9 Å². The second-order valence-electron chi connectivity index (χ2n) is 4.36. The van der Waals surface area contributed by atoms with Gasteiger partial charge in [-0.25, -0.2) is 0 Å². The van der Waals surface area contributed by atoms with Crippen molar-refractivity contribution >= 4 is 0 Å². The molecular formula is C13H18N2O3. The van der Waals surface area contributed by atoms with Crippen LogP contribution in [0.25, 0.3) is 0 Å². The highest BCUT2D eigenvalue weighted by Crippen LogP contribution is 2.05. The van der Waals surface area contributed by atoms with Gasteiger partial charge < -0.3 is 14.3 Å². The molecule has 0 aliphatic carbocycles. The lowest BCUT2D eigenvalue weighted by Crippen LogP contribution is -2.23. The third-order valence-corrected chi connectivity index (χ3v) is 2.62. The third-order valence-electron chi connectivity index (χ3n) is 2.62. The monoisotopic (exact) mass is 250 g/mol. The molecule has 0 unspecified atom stereocenters. The fourth-order valence-corrected chi connectivity index (χ4v) is 1.80. The van der Waals surface area contributed by atoms with Gasteiger partial charge in [0.25, 0.3) is 0 Å². The van der Waals surface area contributed by atoms with Crippen LogP contribution in [0, 0.1) is 13.8 Å². The topological polar surface area (TPSA) is 60.4 Å². The molecule has 1 N–H and O–H groups in total. The summed E-state index contributed by atoms with van der Waals surface area (Å²) in [7, 11) is 0. The first-order valence-electron chi connectivity index (χ1n) is 5.94. The normalized spacial score (nSPS) is 12.8. The van der Waals surface area contributed by atoms with Crippen LogP contribution < -0.4 is 0 Å². The zero-order chi connectivity index (χ0) is 13.0. The van der Waals surface area contributed by atoms with Crippen LogP contribution >= 0.6 is 0 Å². The molecule has 2 aromatic heterocycles. The van der Waals surface area contributed by atoms with Crippen molar-refractivity contribution in [1.29, 1.82) is 0 Å². The molecular weight excluding hydrogens is 232 g/mol. The fraction of sp³-hybridized carbons (Fsp3) is 0.462. The number of rotatable bonds is 6. The molecule has 5 heteroatoms. The summed E-state index contributed by atoms with van der Waals surface area (Å²) in [6.07, 6.45) is 1.03. The summed E-state index contributed by atoms with van der Waals surface area (Å²) < 4.78 is 12.3. The van der Waals surface area contributed by atoms with Crippen molar-refractivity contribution < 1.29 is 14.3 Å². The van der Waals surface area contributed by atoms with Gasteiger partial charge in [0, 0.05) is 5.69 Å². The number of aliphatic hydroxyl groups excluding tert-OH is 1. The van der Waals surface area contributed by atoms with Gasteiger partial charge in [0.2, 0.25) is 0 Å². The standard InChI is InChI=1S/C13H18N2O3/c1-10-6-11(2)15(14-10)7-12(16)8-17-9-13-4-3-5-18-13/h3-6,12,16H,7-9H2,1-2H3/t12-/m1/s1. The van der Waals surface area contributed by atoms with E-state index in [1.807, 2.05) is 32.0 Å². The summed E-state index contributed by atoms with van der Waals surface area (Å²) in [6.45, 7) is 4.98. The number of furan rings is 1. The molecule has 0 aromatic carbocycles. The first-order chi connectivity index (χ1) is 8.65. The molecule has 0 aliphatic heterocycles. The molecule has 0 aliphatic rings. The van der Waals surface area contributed by atoms with Gasteiger partial charge in [-0.3, -0.25) is 4.68 Å². The summed E-state index contributed by atoms with van der Waals surface area (Å²) in [6, 6.07) is 5.63. The predicted molar refractivity (Wildman–Crippen MR) is 66.1 cm³/mol. The van der Waals surface area contributed by atoms with Gasteiger partial charge in [0.15, 0.2) is 0 Å². The van der Waals surface area contributed by atoms with Crippen LogP contribution in [0.5, 0.6) is 0 Å². The van der Waals surface area contributed by atoms with Crippen molar-refractivity contribution in [2.24, 2.45) is 0 Å². The molecule has 98 valence electrons. The lowest BCUT2D eigenvalue weighted by atomic mass is 10.3. The Morgan fingerprint density at radius 1 is 1.50 bits per heavy atom. The van der Waals surface area contributed by atoms with E-state index in [-0.39, 0.29) is 6.61 Å². The molecule has 2 rings (SSSR count). The maximum absolute atomic E-state index is 9.85. The Bertz CT molecular complexity index is 476. The number of hydrogen-bond donors (Lipinski definition) is 1. The molecule has 0 saturated heterocycles. The second kappa shape index (κ2) is 5.84. The van der Waals surface area contributed by atoms with Crippen LogP contribution in [0.1, 0.15) is 17.1 Å². The van der Waals surface area contributed by atoms with Crippen LogP contribution in [0.15, 0.2) is 28.9 Å². The van der Waals surface area contributed by atoms with Gasteiger partial charge in [-0.2, -0.15) is 5.10 Å². The van der Waals surface area contributed by atoms with Gasteiger partial charge in [-0.1, -0.05) is 0 Å². The maximum Gasteiger partial charge on any atom is 0.129 e. The molecule has 0 saturated carbocycles. The summed E-state index contributed by atoms with van der Waals surface area (Å²) >= 11 is 0. The molecule has 0 radical (unpaired) electrons. The van der Waals surface area contributed by atoms with Gasteiger partial charge in [-0.15, -0.1) is 0 Å². The minimum Gasteiger partial charge on any atom is -0.467 e. The molecule has 0 fully saturated rings. The molecule has 0 bridgehead atoms. The molecule has 1 atom stereocenters. The number of ether oxygens (including phenoxy) is 1. The predicted octanol–water partition coefficient (Wildman–Crippen LogP) is 1.67. The average Bonchev–Trinajstić information content (AvgIpc) is 2.90. The Morgan fingerprint density at radius 3 is 2.94 bits per heavy atom. The lowest BCUT2D eigenvalue weighted by Gasteiger charge is -2.12. The number of nitrogens with zero attached hydrogens (tertiary/aromatic N) is 2. The molecule has 0 spiro atoms.